The zero-order valence-corrected chi connectivity index (χ0v) is 13.6. The molecule has 0 saturated heterocycles. The maximum Gasteiger partial charge on any atom is 0.159 e. The van der Waals surface area contributed by atoms with E-state index in [4.69, 9.17) is 4.74 Å². The summed E-state index contributed by atoms with van der Waals surface area (Å²) in [6, 6.07) is 9.95. The van der Waals surface area contributed by atoms with Gasteiger partial charge in [-0.2, -0.15) is 0 Å². The molecule has 0 bridgehead atoms. The number of rotatable bonds is 5. The number of hydrogen-bond acceptors (Lipinski definition) is 4. The minimum Gasteiger partial charge on any atom is -0.497 e. The lowest BCUT2D eigenvalue weighted by Gasteiger charge is -2.10. The van der Waals surface area contributed by atoms with E-state index in [0.717, 1.165) is 29.6 Å². The number of hydrogen-bond donors (Lipinski definition) is 0. The molecule has 0 radical (unpaired) electrons. The molecule has 2 aromatic heterocycles. The third-order valence-electron chi connectivity index (χ3n) is 3.65. The number of imidazole rings is 1. The van der Waals surface area contributed by atoms with Gasteiger partial charge in [0, 0.05) is 31.1 Å². The first kappa shape index (κ1) is 15.2. The molecule has 2 heterocycles. The molecular formula is C18H20N4O. The Kier molecular flexibility index (Phi) is 4.37. The van der Waals surface area contributed by atoms with Gasteiger partial charge >= 0.3 is 0 Å². The van der Waals surface area contributed by atoms with Crippen molar-refractivity contribution in [2.75, 3.05) is 7.11 Å². The molecule has 0 saturated carbocycles. The Hall–Kier alpha value is -2.69. The standard InChI is InChI=1S/C18H20N4O/c1-13(2)17-19-9-8-16(21-17)18-20-10-11-22(18)12-14-4-6-15(23-3)7-5-14/h4-11,13H,12H2,1-3H3. The van der Waals surface area contributed by atoms with Crippen LogP contribution in [0.25, 0.3) is 11.5 Å². The van der Waals surface area contributed by atoms with E-state index in [9.17, 15) is 0 Å². The second kappa shape index (κ2) is 6.60. The van der Waals surface area contributed by atoms with E-state index < -0.39 is 0 Å². The molecule has 0 atom stereocenters. The molecule has 3 rings (SSSR count). The van der Waals surface area contributed by atoms with E-state index in [1.165, 1.54) is 5.56 Å². The van der Waals surface area contributed by atoms with Crippen LogP contribution in [0.3, 0.4) is 0 Å². The molecule has 0 amide bonds. The average molecular weight is 308 g/mol. The number of benzene rings is 1. The molecule has 5 nitrogen and oxygen atoms in total. The molecule has 0 spiro atoms. The highest BCUT2D eigenvalue weighted by Crippen LogP contribution is 2.19. The summed E-state index contributed by atoms with van der Waals surface area (Å²) in [7, 11) is 1.67. The van der Waals surface area contributed by atoms with Crippen LogP contribution in [-0.2, 0) is 6.54 Å². The van der Waals surface area contributed by atoms with Crippen LogP contribution in [0.5, 0.6) is 5.75 Å². The molecule has 0 aliphatic carbocycles. The third kappa shape index (κ3) is 3.39. The Bertz CT molecular complexity index is 778. The first-order chi connectivity index (χ1) is 11.2. The first-order valence-corrected chi connectivity index (χ1v) is 7.64. The van der Waals surface area contributed by atoms with Crippen LogP contribution in [0.1, 0.15) is 31.2 Å². The molecule has 0 unspecified atom stereocenters. The molecule has 5 heteroatoms. The summed E-state index contributed by atoms with van der Waals surface area (Å²) in [5.74, 6) is 2.84. The molecule has 0 N–H and O–H groups in total. The Balaban J connectivity index is 1.88. The van der Waals surface area contributed by atoms with Gasteiger partial charge in [0.15, 0.2) is 5.82 Å². The highest BCUT2D eigenvalue weighted by atomic mass is 16.5. The van der Waals surface area contributed by atoms with Crippen molar-refractivity contribution in [3.05, 3.63) is 60.3 Å². The van der Waals surface area contributed by atoms with Gasteiger partial charge in [0.05, 0.1) is 7.11 Å². The largest absolute Gasteiger partial charge is 0.497 e. The highest BCUT2D eigenvalue weighted by Gasteiger charge is 2.11. The summed E-state index contributed by atoms with van der Waals surface area (Å²) in [6.45, 7) is 4.91. The van der Waals surface area contributed by atoms with Gasteiger partial charge in [0.1, 0.15) is 17.3 Å². The van der Waals surface area contributed by atoms with Crippen molar-refractivity contribution in [3.63, 3.8) is 0 Å². The molecule has 0 fully saturated rings. The average Bonchev–Trinajstić information content (AvgIpc) is 3.04. The van der Waals surface area contributed by atoms with Gasteiger partial charge in [-0.05, 0) is 23.8 Å². The normalized spacial score (nSPS) is 11.0. The van der Waals surface area contributed by atoms with Gasteiger partial charge in [-0.3, -0.25) is 0 Å². The van der Waals surface area contributed by atoms with Gasteiger partial charge in [-0.25, -0.2) is 15.0 Å². The second-order valence-electron chi connectivity index (χ2n) is 5.68. The van der Waals surface area contributed by atoms with E-state index in [-0.39, 0.29) is 0 Å². The van der Waals surface area contributed by atoms with Crippen LogP contribution in [0.15, 0.2) is 48.9 Å². The van der Waals surface area contributed by atoms with Crippen molar-refractivity contribution >= 4 is 0 Å². The number of ether oxygens (including phenoxy) is 1. The summed E-state index contributed by atoms with van der Waals surface area (Å²) in [4.78, 5) is 13.4. The van der Waals surface area contributed by atoms with Crippen molar-refractivity contribution in [3.8, 4) is 17.3 Å². The Morgan fingerprint density at radius 1 is 1.04 bits per heavy atom. The minimum absolute atomic E-state index is 0.292. The fraction of sp³-hybridized carbons (Fsp3) is 0.278. The van der Waals surface area contributed by atoms with Gasteiger partial charge in [-0.1, -0.05) is 26.0 Å². The fourth-order valence-electron chi connectivity index (χ4n) is 2.37. The number of nitrogens with zero attached hydrogens (tertiary/aromatic N) is 4. The van der Waals surface area contributed by atoms with Gasteiger partial charge in [-0.15, -0.1) is 0 Å². The first-order valence-electron chi connectivity index (χ1n) is 7.64. The summed E-state index contributed by atoms with van der Waals surface area (Å²) in [6.07, 6.45) is 5.57. The second-order valence-corrected chi connectivity index (χ2v) is 5.68. The third-order valence-corrected chi connectivity index (χ3v) is 3.65. The maximum absolute atomic E-state index is 5.20. The summed E-state index contributed by atoms with van der Waals surface area (Å²) >= 11 is 0. The Morgan fingerprint density at radius 2 is 1.83 bits per heavy atom. The van der Waals surface area contributed by atoms with Gasteiger partial charge in [0.25, 0.3) is 0 Å². The lowest BCUT2D eigenvalue weighted by atomic mass is 10.2. The Labute approximate surface area is 136 Å². The van der Waals surface area contributed by atoms with Crippen molar-refractivity contribution in [2.24, 2.45) is 0 Å². The molecule has 3 aromatic rings. The van der Waals surface area contributed by atoms with E-state index in [0.29, 0.717) is 5.92 Å². The van der Waals surface area contributed by atoms with Crippen LogP contribution in [0.4, 0.5) is 0 Å². The van der Waals surface area contributed by atoms with Crippen molar-refractivity contribution in [2.45, 2.75) is 26.3 Å². The smallest absolute Gasteiger partial charge is 0.159 e. The summed E-state index contributed by atoms with van der Waals surface area (Å²) in [5, 5.41) is 0. The zero-order chi connectivity index (χ0) is 16.2. The van der Waals surface area contributed by atoms with Crippen LogP contribution in [0.2, 0.25) is 0 Å². The predicted octanol–water partition coefficient (Wildman–Crippen LogP) is 3.52. The van der Waals surface area contributed by atoms with Crippen molar-refractivity contribution < 1.29 is 4.74 Å². The molecule has 0 aliphatic rings. The minimum atomic E-state index is 0.292. The summed E-state index contributed by atoms with van der Waals surface area (Å²) in [5.41, 5.74) is 2.03. The molecule has 0 aliphatic heterocycles. The Morgan fingerprint density at radius 3 is 2.52 bits per heavy atom. The van der Waals surface area contributed by atoms with Gasteiger partial charge < -0.3 is 9.30 Å². The number of methoxy groups -OCH3 is 1. The van der Waals surface area contributed by atoms with Crippen molar-refractivity contribution in [1.82, 2.24) is 19.5 Å². The zero-order valence-electron chi connectivity index (χ0n) is 13.6. The highest BCUT2D eigenvalue weighted by molar-refractivity contribution is 5.49. The molecule has 118 valence electrons. The van der Waals surface area contributed by atoms with Crippen LogP contribution < -0.4 is 4.74 Å². The predicted molar refractivity (Wildman–Crippen MR) is 89.4 cm³/mol. The van der Waals surface area contributed by atoms with E-state index in [1.54, 1.807) is 19.5 Å². The van der Waals surface area contributed by atoms with Gasteiger partial charge in [0.2, 0.25) is 0 Å². The summed E-state index contributed by atoms with van der Waals surface area (Å²) < 4.78 is 7.29. The van der Waals surface area contributed by atoms with Crippen LogP contribution >= 0.6 is 0 Å². The van der Waals surface area contributed by atoms with E-state index >= 15 is 0 Å². The molecule has 23 heavy (non-hydrogen) atoms. The van der Waals surface area contributed by atoms with E-state index in [1.807, 2.05) is 24.4 Å². The van der Waals surface area contributed by atoms with E-state index in [2.05, 4.69) is 45.5 Å². The maximum atomic E-state index is 5.20. The quantitative estimate of drug-likeness (QED) is 0.723. The monoisotopic (exact) mass is 308 g/mol. The lowest BCUT2D eigenvalue weighted by molar-refractivity contribution is 0.414. The molecule has 1 aromatic carbocycles. The molecular weight excluding hydrogens is 288 g/mol. The number of aromatic nitrogens is 4. The van der Waals surface area contributed by atoms with Crippen molar-refractivity contribution in [1.29, 1.82) is 0 Å². The topological polar surface area (TPSA) is 52.8 Å². The SMILES string of the molecule is COc1ccc(Cn2ccnc2-c2ccnc(C(C)C)n2)cc1. The lowest BCUT2D eigenvalue weighted by Crippen LogP contribution is -2.04. The van der Waals surface area contributed by atoms with Crippen LogP contribution in [0, 0.1) is 0 Å². The fourth-order valence-corrected chi connectivity index (χ4v) is 2.37. The van der Waals surface area contributed by atoms with Crippen LogP contribution in [-0.4, -0.2) is 26.6 Å².